The smallest absolute Gasteiger partial charge is 0.225 e. The normalized spacial score (nSPS) is 12.8. The van der Waals surface area contributed by atoms with Crippen LogP contribution in [0.25, 0.3) is 0 Å². The fourth-order valence-corrected chi connectivity index (χ4v) is 4.64. The van der Waals surface area contributed by atoms with Gasteiger partial charge in [0, 0.05) is 25.3 Å². The van der Waals surface area contributed by atoms with Crippen molar-refractivity contribution in [1.29, 1.82) is 0 Å². The lowest BCUT2D eigenvalue weighted by Crippen LogP contribution is -2.18. The average molecular weight is 717 g/mol. The molecule has 0 radical (unpaired) electrons. The highest BCUT2D eigenvalue weighted by Gasteiger charge is 2.20. The van der Waals surface area contributed by atoms with Crippen LogP contribution in [-0.4, -0.2) is 28.2 Å². The Kier molecular flexibility index (Phi) is 33.8. The number of aromatic nitrogens is 1. The summed E-state index contributed by atoms with van der Waals surface area (Å²) in [6.45, 7) is 30.6. The molecule has 2 rings (SSSR count). The zero-order valence-corrected chi connectivity index (χ0v) is 35.9. The van der Waals surface area contributed by atoms with Gasteiger partial charge >= 0.3 is 0 Å². The van der Waals surface area contributed by atoms with Crippen LogP contribution in [0.15, 0.2) is 51.0 Å². The highest BCUT2D eigenvalue weighted by Crippen LogP contribution is 2.33. The van der Waals surface area contributed by atoms with Crippen LogP contribution >= 0.6 is 0 Å². The minimum absolute atomic E-state index is 0.0142. The molecule has 0 saturated heterocycles. The summed E-state index contributed by atoms with van der Waals surface area (Å²) in [4.78, 5) is 34.9. The first-order valence-electron chi connectivity index (χ1n) is 20.0. The molecule has 1 atom stereocenters. The van der Waals surface area contributed by atoms with Crippen molar-refractivity contribution in [3.8, 4) is 0 Å². The lowest BCUT2D eigenvalue weighted by atomic mass is 9.92. The number of Topliss-reactive ketones (excluding diaryl/α,β-unsaturated/α-hetero) is 2. The topological polar surface area (TPSA) is 98.5 Å². The molecule has 0 aliphatic heterocycles. The van der Waals surface area contributed by atoms with Gasteiger partial charge in [-0.1, -0.05) is 110 Å². The van der Waals surface area contributed by atoms with E-state index in [0.717, 1.165) is 42.6 Å². The van der Waals surface area contributed by atoms with Crippen LogP contribution in [0.3, 0.4) is 0 Å². The summed E-state index contributed by atoms with van der Waals surface area (Å²) in [6.07, 6.45) is 19.1. The van der Waals surface area contributed by atoms with Gasteiger partial charge in [-0.3, -0.25) is 9.59 Å². The number of rotatable bonds is 18. The minimum Gasteiger partial charge on any atom is -0.493 e. The molecule has 1 saturated carbocycles. The van der Waals surface area contributed by atoms with E-state index in [1.54, 1.807) is 13.0 Å². The Morgan fingerprint density at radius 1 is 0.843 bits per heavy atom. The largest absolute Gasteiger partial charge is 0.493 e. The molecule has 0 spiro atoms. The molecule has 1 aromatic rings. The lowest BCUT2D eigenvalue weighted by Gasteiger charge is -2.21. The van der Waals surface area contributed by atoms with Gasteiger partial charge in [-0.2, -0.15) is 0 Å². The van der Waals surface area contributed by atoms with E-state index < -0.39 is 0 Å². The van der Waals surface area contributed by atoms with Gasteiger partial charge in [0.25, 0.3) is 0 Å². The standard InChI is InChI=1S/C16H26N2O3.C13H22O.C9H16O.C4H10.C2H6/c1-3-4-5-6-7-8-14(11-13(2)19)12-16(20)17-15-9-10-21-18-15;1-6-8-9-13(14)12(5)11(4)10(3)7-2;1-7(8-5-6-8)10-9(2,3)4;1-3-4-2;1-2/h9-10,14H,3-8,11-12H2,1-2H3,(H,17,18,20);7H,6,8-9H2,1-5H3;5-6H2,1-4H3;3-4H2,1-2H3;1-2H3/b;10-7-,12-11+;;;. The molecule has 1 fully saturated rings. The second-order valence-corrected chi connectivity index (χ2v) is 14.2. The first-order chi connectivity index (χ1) is 24.1. The van der Waals surface area contributed by atoms with E-state index in [0.29, 0.717) is 30.9 Å². The van der Waals surface area contributed by atoms with Crippen LogP contribution < -0.4 is 5.32 Å². The van der Waals surface area contributed by atoms with Crippen LogP contribution in [-0.2, 0) is 19.1 Å². The monoisotopic (exact) mass is 717 g/mol. The Hall–Kier alpha value is -2.96. The second-order valence-electron chi connectivity index (χ2n) is 14.2. The number of hydrogen-bond acceptors (Lipinski definition) is 6. The number of allylic oxidation sites excluding steroid dienone is 6. The molecule has 1 aliphatic rings. The first kappa shape index (κ1) is 52.4. The van der Waals surface area contributed by atoms with Crippen molar-refractivity contribution in [3.05, 3.63) is 46.5 Å². The average Bonchev–Trinajstić information content (AvgIpc) is 3.83. The molecule has 7 nitrogen and oxygen atoms in total. The minimum atomic E-state index is -0.108. The highest BCUT2D eigenvalue weighted by atomic mass is 16.5. The van der Waals surface area contributed by atoms with E-state index in [4.69, 9.17) is 4.74 Å². The third-order valence-corrected chi connectivity index (χ3v) is 8.19. The molecule has 7 heteroatoms. The fourth-order valence-electron chi connectivity index (χ4n) is 4.64. The summed E-state index contributed by atoms with van der Waals surface area (Å²) in [5.74, 6) is 2.02. The molecular formula is C44H80N2O5. The fraction of sp³-hybridized carbons (Fsp3) is 0.727. The summed E-state index contributed by atoms with van der Waals surface area (Å²) in [5, 5.41) is 6.33. The van der Waals surface area contributed by atoms with Crippen LogP contribution in [0.2, 0.25) is 0 Å². The number of hydrogen-bond donors (Lipinski definition) is 1. The molecule has 0 aromatic carbocycles. The molecule has 1 unspecified atom stereocenters. The summed E-state index contributed by atoms with van der Waals surface area (Å²) in [7, 11) is 0. The SMILES string of the molecule is C/C=C(C)\C(C)=C(/C)C(=O)CCCC.CC.CC(OC(C)(C)C)=C1CC1.CCCC.CCCCCCCC(CC(C)=O)CC(=O)Nc1ccon1. The maximum Gasteiger partial charge on any atom is 0.225 e. The Morgan fingerprint density at radius 3 is 1.84 bits per heavy atom. The third kappa shape index (κ3) is 32.7. The van der Waals surface area contributed by atoms with Gasteiger partial charge in [0.15, 0.2) is 11.6 Å². The van der Waals surface area contributed by atoms with Gasteiger partial charge in [-0.15, -0.1) is 0 Å². The zero-order chi connectivity index (χ0) is 39.8. The van der Waals surface area contributed by atoms with E-state index in [9.17, 15) is 14.4 Å². The Morgan fingerprint density at radius 2 is 1.41 bits per heavy atom. The number of unbranched alkanes of at least 4 members (excludes halogenated alkanes) is 6. The molecule has 296 valence electrons. The van der Waals surface area contributed by atoms with Crippen molar-refractivity contribution in [2.24, 2.45) is 5.92 Å². The van der Waals surface area contributed by atoms with E-state index >= 15 is 0 Å². The van der Waals surface area contributed by atoms with Gasteiger partial charge in [0.2, 0.25) is 5.91 Å². The van der Waals surface area contributed by atoms with Crippen molar-refractivity contribution in [3.63, 3.8) is 0 Å². The first-order valence-corrected chi connectivity index (χ1v) is 20.0. The molecule has 1 aliphatic carbocycles. The molecule has 1 amide bonds. The Balaban J connectivity index is -0.000000662. The van der Waals surface area contributed by atoms with Crippen LogP contribution in [0, 0.1) is 5.92 Å². The van der Waals surface area contributed by atoms with Crippen molar-refractivity contribution >= 4 is 23.3 Å². The number of carbonyl (C=O) groups is 3. The summed E-state index contributed by atoms with van der Waals surface area (Å²) in [6, 6.07) is 1.60. The summed E-state index contributed by atoms with van der Waals surface area (Å²) >= 11 is 0. The maximum atomic E-state index is 11.9. The number of nitrogens with zero attached hydrogens (tertiary/aromatic N) is 1. The van der Waals surface area contributed by atoms with E-state index in [1.165, 1.54) is 68.8 Å². The quantitative estimate of drug-likeness (QED) is 0.0703. The predicted molar refractivity (Wildman–Crippen MR) is 219 cm³/mol. The molecular weight excluding hydrogens is 636 g/mol. The molecule has 1 aromatic heterocycles. The summed E-state index contributed by atoms with van der Waals surface area (Å²) in [5.41, 5.74) is 4.74. The van der Waals surface area contributed by atoms with E-state index in [1.807, 2.05) is 47.6 Å². The third-order valence-electron chi connectivity index (χ3n) is 8.19. The van der Waals surface area contributed by atoms with Crippen molar-refractivity contribution in [2.75, 3.05) is 5.32 Å². The number of ether oxygens (including phenoxy) is 1. The molecule has 0 bridgehead atoms. The van der Waals surface area contributed by atoms with E-state index in [2.05, 4.69) is 70.4 Å². The number of nitrogens with one attached hydrogen (secondary N) is 1. The van der Waals surface area contributed by atoms with Crippen LogP contribution in [0.5, 0.6) is 0 Å². The lowest BCUT2D eigenvalue weighted by molar-refractivity contribution is -0.119. The van der Waals surface area contributed by atoms with Crippen LogP contribution in [0.1, 0.15) is 200 Å². The van der Waals surface area contributed by atoms with Gasteiger partial charge in [0.1, 0.15) is 17.6 Å². The number of carbonyl (C=O) groups excluding carboxylic acids is 3. The zero-order valence-electron chi connectivity index (χ0n) is 35.9. The molecule has 1 heterocycles. The predicted octanol–water partition coefficient (Wildman–Crippen LogP) is 13.7. The number of amides is 1. The van der Waals surface area contributed by atoms with E-state index in [-0.39, 0.29) is 23.2 Å². The maximum absolute atomic E-state index is 11.9. The van der Waals surface area contributed by atoms with Gasteiger partial charge in [0.05, 0.1) is 5.76 Å². The Labute approximate surface area is 314 Å². The van der Waals surface area contributed by atoms with Gasteiger partial charge in [-0.05, 0) is 111 Å². The summed E-state index contributed by atoms with van der Waals surface area (Å²) < 4.78 is 10.3. The van der Waals surface area contributed by atoms with Gasteiger partial charge in [-0.25, -0.2) is 0 Å². The molecule has 51 heavy (non-hydrogen) atoms. The molecule has 1 N–H and O–H groups in total. The highest BCUT2D eigenvalue weighted by molar-refractivity contribution is 5.96. The van der Waals surface area contributed by atoms with Crippen molar-refractivity contribution in [2.45, 2.75) is 206 Å². The number of anilines is 1. The Bertz CT molecular complexity index is 1130. The van der Waals surface area contributed by atoms with Crippen molar-refractivity contribution in [1.82, 2.24) is 5.16 Å². The van der Waals surface area contributed by atoms with Crippen molar-refractivity contribution < 1.29 is 23.6 Å². The van der Waals surface area contributed by atoms with Gasteiger partial charge < -0.3 is 19.4 Å². The number of ketones is 2. The van der Waals surface area contributed by atoms with Crippen LogP contribution in [0.4, 0.5) is 5.82 Å². The second kappa shape index (κ2) is 32.9.